The predicted octanol–water partition coefficient (Wildman–Crippen LogP) is 3.89. The molecule has 0 fully saturated rings. The fourth-order valence-electron chi connectivity index (χ4n) is 1.37. The van der Waals surface area contributed by atoms with Gasteiger partial charge in [-0.3, -0.25) is 0 Å². The number of para-hydroxylation sites is 1. The maximum atomic E-state index is 10.5. The molecule has 1 rings (SSSR count). The van der Waals surface area contributed by atoms with Crippen LogP contribution in [0, 0.1) is 0 Å². The number of ether oxygens (including phenoxy) is 1. The van der Waals surface area contributed by atoms with Crippen LogP contribution in [-0.2, 0) is 4.79 Å². The summed E-state index contributed by atoms with van der Waals surface area (Å²) in [6.07, 6.45) is 6.24. The SMILES string of the molecule is C=CCCCOc1c(Br)cccc1C=CC(=O)O. The molecule has 0 unspecified atom stereocenters. The fourth-order valence-corrected chi connectivity index (χ4v) is 1.87. The zero-order chi connectivity index (χ0) is 13.4. The molecule has 0 aliphatic carbocycles. The molecule has 96 valence electrons. The summed E-state index contributed by atoms with van der Waals surface area (Å²) in [4.78, 5) is 10.5. The van der Waals surface area contributed by atoms with Crippen molar-refractivity contribution >= 4 is 28.0 Å². The number of hydrogen-bond acceptors (Lipinski definition) is 2. The third-order valence-corrected chi connectivity index (χ3v) is 2.83. The second kappa shape index (κ2) is 7.71. The average molecular weight is 311 g/mol. The van der Waals surface area contributed by atoms with Gasteiger partial charge in [0.05, 0.1) is 11.1 Å². The number of benzene rings is 1. The summed E-state index contributed by atoms with van der Waals surface area (Å²) in [6, 6.07) is 5.51. The van der Waals surface area contributed by atoms with Crippen LogP contribution >= 0.6 is 15.9 Å². The summed E-state index contributed by atoms with van der Waals surface area (Å²) >= 11 is 3.40. The Labute approximate surface area is 115 Å². The molecule has 3 nitrogen and oxygen atoms in total. The molecule has 18 heavy (non-hydrogen) atoms. The molecule has 1 aromatic carbocycles. The molecule has 0 aliphatic heterocycles. The van der Waals surface area contributed by atoms with Crippen molar-refractivity contribution in [1.29, 1.82) is 0 Å². The first-order valence-corrected chi connectivity index (χ1v) is 6.37. The van der Waals surface area contributed by atoms with Gasteiger partial charge in [0.15, 0.2) is 0 Å². The monoisotopic (exact) mass is 310 g/mol. The molecule has 0 bridgehead atoms. The minimum atomic E-state index is -0.979. The van der Waals surface area contributed by atoms with Crippen LogP contribution in [-0.4, -0.2) is 17.7 Å². The van der Waals surface area contributed by atoms with E-state index in [0.717, 1.165) is 29.0 Å². The molecule has 0 aliphatic rings. The van der Waals surface area contributed by atoms with E-state index in [1.807, 2.05) is 24.3 Å². The van der Waals surface area contributed by atoms with E-state index in [0.29, 0.717) is 12.4 Å². The van der Waals surface area contributed by atoms with Crippen LogP contribution < -0.4 is 4.74 Å². The van der Waals surface area contributed by atoms with Gasteiger partial charge in [0.2, 0.25) is 0 Å². The van der Waals surface area contributed by atoms with Crippen LogP contribution in [0.2, 0.25) is 0 Å². The Morgan fingerprint density at radius 3 is 2.94 bits per heavy atom. The van der Waals surface area contributed by atoms with Crippen molar-refractivity contribution in [2.75, 3.05) is 6.61 Å². The molecular formula is C14H15BrO3. The van der Waals surface area contributed by atoms with Gasteiger partial charge in [-0.15, -0.1) is 6.58 Å². The molecule has 0 heterocycles. The van der Waals surface area contributed by atoms with E-state index < -0.39 is 5.97 Å². The Balaban J connectivity index is 2.80. The molecule has 4 heteroatoms. The van der Waals surface area contributed by atoms with E-state index in [1.54, 1.807) is 0 Å². The van der Waals surface area contributed by atoms with Gasteiger partial charge in [-0.05, 0) is 40.9 Å². The molecule has 0 amide bonds. The lowest BCUT2D eigenvalue weighted by molar-refractivity contribution is -0.131. The first kappa shape index (κ1) is 14.5. The summed E-state index contributed by atoms with van der Waals surface area (Å²) in [5.74, 6) is -0.313. The number of carbonyl (C=O) groups is 1. The van der Waals surface area contributed by atoms with Crippen molar-refractivity contribution in [2.24, 2.45) is 0 Å². The van der Waals surface area contributed by atoms with Crippen molar-refractivity contribution in [1.82, 2.24) is 0 Å². The smallest absolute Gasteiger partial charge is 0.328 e. The summed E-state index contributed by atoms with van der Waals surface area (Å²) in [5, 5.41) is 8.63. The largest absolute Gasteiger partial charge is 0.492 e. The highest BCUT2D eigenvalue weighted by Crippen LogP contribution is 2.30. The summed E-state index contributed by atoms with van der Waals surface area (Å²) in [7, 11) is 0. The normalized spacial score (nSPS) is 10.5. The number of carboxylic acids is 1. The highest BCUT2D eigenvalue weighted by Gasteiger charge is 2.05. The predicted molar refractivity (Wildman–Crippen MR) is 75.7 cm³/mol. The molecule has 0 atom stereocenters. The second-order valence-corrected chi connectivity index (χ2v) is 4.46. The van der Waals surface area contributed by atoms with Crippen molar-refractivity contribution < 1.29 is 14.6 Å². The number of allylic oxidation sites excluding steroid dienone is 1. The summed E-state index contributed by atoms with van der Waals surface area (Å²) in [5.41, 5.74) is 0.741. The van der Waals surface area contributed by atoms with E-state index in [1.165, 1.54) is 6.08 Å². The highest BCUT2D eigenvalue weighted by atomic mass is 79.9. The van der Waals surface area contributed by atoms with Crippen molar-refractivity contribution in [3.63, 3.8) is 0 Å². The number of rotatable bonds is 7. The number of halogens is 1. The number of hydrogen-bond donors (Lipinski definition) is 1. The molecule has 1 N–H and O–H groups in total. The van der Waals surface area contributed by atoms with Gasteiger partial charge in [0, 0.05) is 11.6 Å². The minimum absolute atomic E-state index is 0.572. The summed E-state index contributed by atoms with van der Waals surface area (Å²) < 4.78 is 6.48. The van der Waals surface area contributed by atoms with E-state index in [4.69, 9.17) is 9.84 Å². The van der Waals surface area contributed by atoms with Gasteiger partial charge >= 0.3 is 5.97 Å². The Morgan fingerprint density at radius 1 is 1.50 bits per heavy atom. The van der Waals surface area contributed by atoms with Gasteiger partial charge in [-0.25, -0.2) is 4.79 Å². The van der Waals surface area contributed by atoms with Crippen LogP contribution in [0.1, 0.15) is 18.4 Å². The zero-order valence-electron chi connectivity index (χ0n) is 9.93. The second-order valence-electron chi connectivity index (χ2n) is 3.61. The minimum Gasteiger partial charge on any atom is -0.492 e. The lowest BCUT2D eigenvalue weighted by Crippen LogP contribution is -1.99. The maximum absolute atomic E-state index is 10.5. The van der Waals surface area contributed by atoms with Crippen molar-refractivity contribution in [2.45, 2.75) is 12.8 Å². The quantitative estimate of drug-likeness (QED) is 0.472. The van der Waals surface area contributed by atoms with Crippen molar-refractivity contribution in [3.8, 4) is 5.75 Å². The molecule has 0 radical (unpaired) electrons. The van der Waals surface area contributed by atoms with Crippen LogP contribution in [0.15, 0.2) is 41.4 Å². The van der Waals surface area contributed by atoms with Crippen LogP contribution in [0.5, 0.6) is 5.75 Å². The fraction of sp³-hybridized carbons (Fsp3) is 0.214. The highest BCUT2D eigenvalue weighted by molar-refractivity contribution is 9.10. The third-order valence-electron chi connectivity index (χ3n) is 2.20. The average Bonchev–Trinajstić information content (AvgIpc) is 2.34. The van der Waals surface area contributed by atoms with E-state index in [9.17, 15) is 4.79 Å². The third kappa shape index (κ3) is 4.75. The molecule has 0 saturated heterocycles. The number of unbranched alkanes of at least 4 members (excludes halogenated alkanes) is 1. The Morgan fingerprint density at radius 2 is 2.28 bits per heavy atom. The van der Waals surface area contributed by atoms with Gasteiger partial charge < -0.3 is 9.84 Å². The Bertz CT molecular complexity index is 452. The van der Waals surface area contributed by atoms with Gasteiger partial charge in [-0.1, -0.05) is 18.2 Å². The number of aliphatic carboxylic acids is 1. The topological polar surface area (TPSA) is 46.5 Å². The van der Waals surface area contributed by atoms with Crippen LogP contribution in [0.3, 0.4) is 0 Å². The van der Waals surface area contributed by atoms with E-state index >= 15 is 0 Å². The van der Waals surface area contributed by atoms with Crippen LogP contribution in [0.25, 0.3) is 6.08 Å². The number of carboxylic acid groups (broad SMARTS) is 1. The standard InChI is InChI=1S/C14H15BrO3/c1-2-3-4-10-18-14-11(8-9-13(16)17)6-5-7-12(14)15/h2,5-9H,1,3-4,10H2,(H,16,17). The van der Waals surface area contributed by atoms with Crippen molar-refractivity contribution in [3.05, 3.63) is 47.0 Å². The maximum Gasteiger partial charge on any atom is 0.328 e. The summed E-state index contributed by atoms with van der Waals surface area (Å²) in [6.45, 7) is 4.22. The van der Waals surface area contributed by atoms with E-state index in [-0.39, 0.29) is 0 Å². The first-order chi connectivity index (χ1) is 8.65. The Kier molecular flexibility index (Phi) is 6.22. The molecular weight excluding hydrogens is 296 g/mol. The van der Waals surface area contributed by atoms with E-state index in [2.05, 4.69) is 22.5 Å². The first-order valence-electron chi connectivity index (χ1n) is 5.58. The van der Waals surface area contributed by atoms with Gasteiger partial charge in [0.1, 0.15) is 5.75 Å². The van der Waals surface area contributed by atoms with Gasteiger partial charge in [-0.2, -0.15) is 0 Å². The van der Waals surface area contributed by atoms with Gasteiger partial charge in [0.25, 0.3) is 0 Å². The molecule has 0 aromatic heterocycles. The lowest BCUT2D eigenvalue weighted by atomic mass is 10.2. The van der Waals surface area contributed by atoms with Crippen LogP contribution in [0.4, 0.5) is 0 Å². The zero-order valence-corrected chi connectivity index (χ0v) is 11.5. The molecule has 0 spiro atoms. The Hall–Kier alpha value is -1.55. The molecule has 1 aromatic rings. The molecule has 0 saturated carbocycles. The lowest BCUT2D eigenvalue weighted by Gasteiger charge is -2.10.